The summed E-state index contributed by atoms with van der Waals surface area (Å²) >= 11 is 13.0. The van der Waals surface area contributed by atoms with Crippen molar-refractivity contribution in [2.45, 2.75) is 64.2 Å². The van der Waals surface area contributed by atoms with E-state index in [0.717, 1.165) is 34.3 Å². The minimum Gasteiger partial charge on any atom is -0.262 e. The predicted molar refractivity (Wildman–Crippen MR) is 120 cm³/mol. The van der Waals surface area contributed by atoms with E-state index in [1.807, 2.05) is 12.5 Å². The number of hydrogen-bond acceptors (Lipinski definition) is 6. The van der Waals surface area contributed by atoms with Gasteiger partial charge in [0.2, 0.25) is 0 Å². The van der Waals surface area contributed by atoms with E-state index in [2.05, 4.69) is 21.1 Å². The average molecular weight is 511 g/mol. The van der Waals surface area contributed by atoms with E-state index in [0.29, 0.717) is 0 Å². The van der Waals surface area contributed by atoms with Crippen LogP contribution in [0.4, 0.5) is 0 Å². The summed E-state index contributed by atoms with van der Waals surface area (Å²) in [6.45, 7) is 0. The first-order valence-electron chi connectivity index (χ1n) is 8.44. The van der Waals surface area contributed by atoms with Crippen LogP contribution in [0.1, 0.15) is 64.2 Å². The van der Waals surface area contributed by atoms with Crippen molar-refractivity contribution in [1.82, 2.24) is 10.9 Å². The first-order valence-corrected chi connectivity index (χ1v) is 11.7. The maximum Gasteiger partial charge on any atom is 0.153 e. The Bertz CT molecular complexity index is 411. The topological polar surface area (TPSA) is 48.8 Å². The molecule has 0 saturated heterocycles. The molecule has 0 unspecified atom stereocenters. The molecule has 2 N–H and O–H groups in total. The second-order valence-electron chi connectivity index (χ2n) is 5.68. The van der Waals surface area contributed by atoms with Gasteiger partial charge in [-0.2, -0.15) is 10.2 Å². The number of hydrazone groups is 2. The summed E-state index contributed by atoms with van der Waals surface area (Å²) < 4.78 is 1.51. The van der Waals surface area contributed by atoms with Crippen molar-refractivity contribution in [3.05, 3.63) is 0 Å². The molecule has 4 nitrogen and oxygen atoms in total. The fraction of sp³-hybridized carbons (Fsp3) is 0.750. The van der Waals surface area contributed by atoms with Gasteiger partial charge in [0.05, 0.1) is 0 Å². The number of nitrogens with zero attached hydrogens (tertiary/aromatic N) is 2. The maximum absolute atomic E-state index is 4.97. The van der Waals surface area contributed by atoms with Crippen LogP contribution in [0.2, 0.25) is 0 Å². The standard InChI is InChI=1S/2C8H14N2S2.Pd/c2*1-12-8(11)10-9-7-5-3-2-4-6-7;/h2*2-6H2,1H3,(H,10,11);. The van der Waals surface area contributed by atoms with Crippen LogP contribution >= 0.6 is 48.0 Å². The molecule has 0 spiro atoms. The molecule has 0 aromatic heterocycles. The average Bonchev–Trinajstić information content (AvgIpc) is 2.66. The Balaban J connectivity index is 0.000000443. The Labute approximate surface area is 185 Å². The predicted octanol–water partition coefficient (Wildman–Crippen LogP) is 5.09. The van der Waals surface area contributed by atoms with Crippen molar-refractivity contribution in [2.75, 3.05) is 12.5 Å². The van der Waals surface area contributed by atoms with Crippen LogP contribution in [0.15, 0.2) is 10.2 Å². The van der Waals surface area contributed by atoms with Gasteiger partial charge in [0.15, 0.2) is 8.64 Å². The Morgan fingerprint density at radius 3 is 1.32 bits per heavy atom. The SMILES string of the molecule is CSC(=S)NN=C1CCCCC1.CSC(=S)NN=C1CCCCC1.[Pd]. The molecule has 0 radical (unpaired) electrons. The fourth-order valence-corrected chi connectivity index (χ4v) is 2.85. The molecule has 0 aromatic carbocycles. The summed E-state index contributed by atoms with van der Waals surface area (Å²) in [6.07, 6.45) is 16.3. The van der Waals surface area contributed by atoms with Crippen molar-refractivity contribution < 1.29 is 20.4 Å². The van der Waals surface area contributed by atoms with Gasteiger partial charge in [-0.05, 0) is 63.9 Å². The first-order chi connectivity index (χ1) is 11.7. The second-order valence-corrected chi connectivity index (χ2v) is 8.65. The zero-order valence-corrected chi connectivity index (χ0v) is 19.7. The van der Waals surface area contributed by atoms with Gasteiger partial charge in [0.25, 0.3) is 0 Å². The zero-order valence-electron chi connectivity index (χ0n) is 14.9. The van der Waals surface area contributed by atoms with E-state index in [9.17, 15) is 0 Å². The van der Waals surface area contributed by atoms with Crippen LogP contribution < -0.4 is 10.9 Å². The van der Waals surface area contributed by atoms with Crippen LogP contribution in [-0.2, 0) is 20.4 Å². The smallest absolute Gasteiger partial charge is 0.153 e. The Kier molecular flexibility index (Phi) is 17.0. The fourth-order valence-electron chi connectivity index (χ4n) is 2.48. The molecule has 0 bridgehead atoms. The molecule has 2 rings (SSSR count). The quantitative estimate of drug-likeness (QED) is 0.307. The summed E-state index contributed by atoms with van der Waals surface area (Å²) in [4.78, 5) is 0. The maximum atomic E-state index is 4.97. The third-order valence-corrected chi connectivity index (χ3v) is 5.95. The summed E-state index contributed by atoms with van der Waals surface area (Å²) in [6, 6.07) is 0. The van der Waals surface area contributed by atoms with Crippen molar-refractivity contribution in [3.63, 3.8) is 0 Å². The van der Waals surface area contributed by atoms with Crippen molar-refractivity contribution in [3.8, 4) is 0 Å². The van der Waals surface area contributed by atoms with Gasteiger partial charge in [-0.1, -0.05) is 60.8 Å². The van der Waals surface area contributed by atoms with Gasteiger partial charge < -0.3 is 0 Å². The molecular weight excluding hydrogens is 483 g/mol. The van der Waals surface area contributed by atoms with Gasteiger partial charge in [-0.15, -0.1) is 0 Å². The molecule has 2 aliphatic carbocycles. The molecule has 2 fully saturated rings. The van der Waals surface area contributed by atoms with Crippen LogP contribution in [0, 0.1) is 0 Å². The molecule has 2 saturated carbocycles. The van der Waals surface area contributed by atoms with Gasteiger partial charge in [-0.3, -0.25) is 10.9 Å². The minimum absolute atomic E-state index is 0. The van der Waals surface area contributed by atoms with E-state index in [1.165, 1.54) is 73.5 Å². The summed E-state index contributed by atoms with van der Waals surface area (Å²) in [7, 11) is 0. The van der Waals surface area contributed by atoms with Gasteiger partial charge in [0, 0.05) is 31.8 Å². The monoisotopic (exact) mass is 510 g/mol. The van der Waals surface area contributed by atoms with Crippen molar-refractivity contribution in [2.24, 2.45) is 10.2 Å². The van der Waals surface area contributed by atoms with E-state index < -0.39 is 0 Å². The molecule has 9 heteroatoms. The molecular formula is C16H28N4PdS4. The summed E-state index contributed by atoms with van der Waals surface area (Å²) in [5.41, 5.74) is 8.32. The number of hydrogen-bond donors (Lipinski definition) is 2. The van der Waals surface area contributed by atoms with Crippen LogP contribution in [0.3, 0.4) is 0 Å². The van der Waals surface area contributed by atoms with E-state index in [4.69, 9.17) is 24.4 Å². The molecule has 2 aliphatic rings. The molecule has 0 amide bonds. The Morgan fingerprint density at radius 2 is 1.04 bits per heavy atom. The van der Waals surface area contributed by atoms with E-state index >= 15 is 0 Å². The van der Waals surface area contributed by atoms with E-state index in [1.54, 1.807) is 0 Å². The number of nitrogens with one attached hydrogen (secondary N) is 2. The molecule has 146 valence electrons. The molecule has 0 aromatic rings. The molecule has 0 aliphatic heterocycles. The molecule has 0 heterocycles. The Hall–Kier alpha value is 0.482. The number of thiocarbonyl (C=S) groups is 2. The van der Waals surface area contributed by atoms with Gasteiger partial charge in [0.1, 0.15) is 0 Å². The minimum atomic E-state index is 0. The second kappa shape index (κ2) is 16.6. The third-order valence-electron chi connectivity index (χ3n) is 3.84. The van der Waals surface area contributed by atoms with Gasteiger partial charge in [-0.25, -0.2) is 0 Å². The van der Waals surface area contributed by atoms with Crippen LogP contribution in [0.25, 0.3) is 0 Å². The number of thioether (sulfide) groups is 2. The third kappa shape index (κ3) is 13.3. The zero-order chi connectivity index (χ0) is 17.6. The normalized spacial score (nSPS) is 16.6. The van der Waals surface area contributed by atoms with Crippen LogP contribution in [-0.4, -0.2) is 32.6 Å². The van der Waals surface area contributed by atoms with Crippen molar-refractivity contribution >= 4 is 68.0 Å². The largest absolute Gasteiger partial charge is 0.262 e. The summed E-state index contributed by atoms with van der Waals surface area (Å²) in [5.74, 6) is 0. The van der Waals surface area contributed by atoms with Crippen molar-refractivity contribution in [1.29, 1.82) is 0 Å². The molecule has 0 atom stereocenters. The van der Waals surface area contributed by atoms with Crippen LogP contribution in [0.5, 0.6) is 0 Å². The summed E-state index contributed by atoms with van der Waals surface area (Å²) in [5, 5.41) is 8.52. The van der Waals surface area contributed by atoms with E-state index in [-0.39, 0.29) is 20.4 Å². The first kappa shape index (κ1) is 25.5. The Morgan fingerprint density at radius 1 is 0.720 bits per heavy atom. The number of rotatable bonds is 2. The van der Waals surface area contributed by atoms with Gasteiger partial charge >= 0.3 is 0 Å². The molecule has 25 heavy (non-hydrogen) atoms.